The number of aromatic hydroxyl groups is 3. The number of benzene rings is 3. The van der Waals surface area contributed by atoms with Crippen molar-refractivity contribution in [2.24, 2.45) is 0 Å². The molecule has 3 fully saturated rings. The summed E-state index contributed by atoms with van der Waals surface area (Å²) in [7, 11) is 0. The number of esters is 1. The molecule has 7 rings (SSSR count). The van der Waals surface area contributed by atoms with Crippen LogP contribution in [-0.4, -0.2) is 173 Å². The number of carbonyl (C=O) groups excluding carboxylic acids is 1. The van der Waals surface area contributed by atoms with Crippen molar-refractivity contribution in [3.63, 3.8) is 0 Å². The molecule has 0 amide bonds. The second kappa shape index (κ2) is 19.3. The van der Waals surface area contributed by atoms with E-state index in [0.717, 1.165) is 18.2 Å². The first-order valence-electron chi connectivity index (χ1n) is 19.7. The van der Waals surface area contributed by atoms with E-state index in [0.29, 0.717) is 5.56 Å². The van der Waals surface area contributed by atoms with Crippen LogP contribution in [-0.2, 0) is 28.5 Å². The van der Waals surface area contributed by atoms with Gasteiger partial charge in [-0.05, 0) is 55.0 Å². The smallest absolute Gasteiger partial charge is 0.330 e. The van der Waals surface area contributed by atoms with Crippen molar-refractivity contribution in [2.45, 2.75) is 99.0 Å². The fourth-order valence-corrected chi connectivity index (χ4v) is 7.18. The highest BCUT2D eigenvalue weighted by Crippen LogP contribution is 2.39. The van der Waals surface area contributed by atoms with Crippen LogP contribution in [0.5, 0.6) is 28.7 Å². The molecule has 3 saturated heterocycles. The fourth-order valence-electron chi connectivity index (χ4n) is 7.18. The Morgan fingerprint density at radius 2 is 1.30 bits per heavy atom. The van der Waals surface area contributed by atoms with Gasteiger partial charge in [-0.3, -0.25) is 4.79 Å². The Morgan fingerprint density at radius 3 is 1.95 bits per heavy atom. The van der Waals surface area contributed by atoms with Gasteiger partial charge in [-0.1, -0.05) is 12.1 Å². The molecule has 0 bridgehead atoms. The van der Waals surface area contributed by atoms with Crippen molar-refractivity contribution < 1.29 is 104 Å². The number of fused-ring (bicyclic) bond motifs is 1. The molecule has 15 atom stereocenters. The number of phenols is 3. The first-order valence-corrected chi connectivity index (χ1v) is 19.7. The number of aliphatic hydroxyl groups is 9. The van der Waals surface area contributed by atoms with E-state index < -0.39 is 134 Å². The molecule has 64 heavy (non-hydrogen) atoms. The third-order valence-corrected chi connectivity index (χ3v) is 10.8. The van der Waals surface area contributed by atoms with Crippen LogP contribution in [0.25, 0.3) is 28.4 Å². The lowest BCUT2D eigenvalue weighted by Crippen LogP contribution is -2.64. The zero-order valence-electron chi connectivity index (χ0n) is 33.5. The predicted octanol–water partition coefficient (Wildman–Crippen LogP) is -1.95. The van der Waals surface area contributed by atoms with Gasteiger partial charge in [0, 0.05) is 23.8 Å². The summed E-state index contributed by atoms with van der Waals surface area (Å²) in [6, 6.07) is 13.0. The van der Waals surface area contributed by atoms with Crippen LogP contribution in [0.1, 0.15) is 12.5 Å². The monoisotopic (exact) mass is 902 g/mol. The molecule has 0 spiro atoms. The quantitative estimate of drug-likeness (QED) is 0.0543. The van der Waals surface area contributed by atoms with Crippen LogP contribution < -0.4 is 14.9 Å². The minimum Gasteiger partial charge on any atom is -0.508 e. The van der Waals surface area contributed by atoms with Crippen LogP contribution in [0.2, 0.25) is 0 Å². The lowest BCUT2D eigenvalue weighted by atomic mass is 9.97. The summed E-state index contributed by atoms with van der Waals surface area (Å²) in [6.07, 6.45) is -23.9. The van der Waals surface area contributed by atoms with Gasteiger partial charge in [-0.15, -0.1) is 0 Å². The molecule has 12 N–H and O–H groups in total. The highest BCUT2D eigenvalue weighted by molar-refractivity contribution is 5.88. The van der Waals surface area contributed by atoms with Gasteiger partial charge < -0.3 is 98.9 Å². The fraction of sp³-hybridized carbons (Fsp3) is 0.429. The Labute approximate surface area is 361 Å². The molecule has 3 aliphatic heterocycles. The molecule has 0 saturated carbocycles. The SMILES string of the molecule is C[C@@H]1O[C@@H](Oc2c(-c3ccc(O)cc3)oc3cc(O[C@@H]4O[C@H](CO)[C@@H](O)[C@H](O)[C@H]4O)cc(O)c3c2=O)[C@H](O[C@@H]2O[C@H](COC(=O)C=Cc3ccc(O)cc3)[C@@H](O)[C@H](O)[C@H]2O)[C@H](O)[C@H]1O. The Balaban J connectivity index is 1.17. The summed E-state index contributed by atoms with van der Waals surface area (Å²) in [5.41, 5.74) is -0.785. The number of hydrogen-bond acceptors (Lipinski definition) is 22. The van der Waals surface area contributed by atoms with Gasteiger partial charge in [0.05, 0.1) is 12.7 Å². The highest BCUT2D eigenvalue weighted by atomic mass is 16.8. The van der Waals surface area contributed by atoms with Gasteiger partial charge in [0.2, 0.25) is 23.8 Å². The molecule has 22 heteroatoms. The zero-order valence-corrected chi connectivity index (χ0v) is 33.5. The number of hydrogen-bond donors (Lipinski definition) is 12. The summed E-state index contributed by atoms with van der Waals surface area (Å²) in [5.74, 6) is -3.18. The maximum absolute atomic E-state index is 14.4. The second-order valence-electron chi connectivity index (χ2n) is 15.2. The maximum Gasteiger partial charge on any atom is 0.330 e. The van der Waals surface area contributed by atoms with E-state index in [4.69, 9.17) is 37.6 Å². The Hall–Kier alpha value is -5.44. The largest absolute Gasteiger partial charge is 0.508 e. The normalized spacial score (nSPS) is 33.2. The average Bonchev–Trinajstić information content (AvgIpc) is 3.27. The van der Waals surface area contributed by atoms with E-state index in [1.54, 1.807) is 0 Å². The van der Waals surface area contributed by atoms with E-state index in [2.05, 4.69) is 0 Å². The Bertz CT molecular complexity index is 2330. The molecule has 346 valence electrons. The molecular formula is C42H46O22. The first kappa shape index (κ1) is 46.5. The number of carbonyl (C=O) groups is 1. The number of ether oxygens (including phenoxy) is 7. The third kappa shape index (κ3) is 9.64. The zero-order chi connectivity index (χ0) is 46.1. The van der Waals surface area contributed by atoms with Crippen molar-refractivity contribution in [2.75, 3.05) is 13.2 Å². The molecule has 4 aromatic rings. The summed E-state index contributed by atoms with van der Waals surface area (Å²) in [5, 5.41) is 125. The molecule has 0 radical (unpaired) electrons. The topological polar surface area (TPSA) is 355 Å². The lowest BCUT2D eigenvalue weighted by Gasteiger charge is -2.45. The molecular weight excluding hydrogens is 856 g/mol. The van der Waals surface area contributed by atoms with Crippen molar-refractivity contribution in [3.05, 3.63) is 82.5 Å². The molecule has 22 nitrogen and oxygen atoms in total. The molecule has 4 heterocycles. The Kier molecular flexibility index (Phi) is 14.1. The van der Waals surface area contributed by atoms with Crippen LogP contribution in [0.15, 0.2) is 76.0 Å². The number of phenolic OH excluding ortho intramolecular Hbond substituents is 3. The third-order valence-electron chi connectivity index (χ3n) is 10.8. The lowest BCUT2D eigenvalue weighted by molar-refractivity contribution is -0.355. The van der Waals surface area contributed by atoms with Crippen molar-refractivity contribution in [1.29, 1.82) is 0 Å². The number of aliphatic hydroxyl groups excluding tert-OH is 9. The van der Waals surface area contributed by atoms with E-state index in [9.17, 15) is 70.9 Å². The Morgan fingerprint density at radius 1 is 0.688 bits per heavy atom. The van der Waals surface area contributed by atoms with Crippen molar-refractivity contribution >= 4 is 23.0 Å². The van der Waals surface area contributed by atoms with E-state index in [1.807, 2.05) is 0 Å². The minimum atomic E-state index is -2.03. The highest BCUT2D eigenvalue weighted by Gasteiger charge is 2.51. The van der Waals surface area contributed by atoms with Crippen LogP contribution in [0.3, 0.4) is 0 Å². The van der Waals surface area contributed by atoms with Crippen molar-refractivity contribution in [1.82, 2.24) is 0 Å². The molecule has 0 aliphatic carbocycles. The summed E-state index contributed by atoms with van der Waals surface area (Å²) >= 11 is 0. The summed E-state index contributed by atoms with van der Waals surface area (Å²) in [4.78, 5) is 26.9. The molecule has 1 aromatic heterocycles. The van der Waals surface area contributed by atoms with E-state index in [-0.39, 0.29) is 34.2 Å². The molecule has 3 aliphatic rings. The maximum atomic E-state index is 14.4. The first-order chi connectivity index (χ1) is 30.4. The average molecular weight is 903 g/mol. The van der Waals surface area contributed by atoms with Gasteiger partial charge in [-0.25, -0.2) is 4.79 Å². The summed E-state index contributed by atoms with van der Waals surface area (Å²) in [6.45, 7) is -0.0916. The van der Waals surface area contributed by atoms with Crippen LogP contribution in [0.4, 0.5) is 0 Å². The molecule has 3 aromatic carbocycles. The van der Waals surface area contributed by atoms with Gasteiger partial charge in [0.15, 0.2) is 18.2 Å². The standard InChI is InChI=1S/C42H46O22/c1-16-28(48)34(54)39(64-41-36(56)33(53)30(50)25(62-41)15-57-26(47)11-4-17-2-7-19(44)8-3-17)42(58-16)63-38-31(51)27-22(46)12-21(59-40-35(55)32(52)29(49)24(14-43)61-40)13-23(27)60-37(38)18-5-9-20(45)10-6-18/h2-13,16,24-25,28-30,32-36,39-46,48-50,52-56H,14-15H2,1H3/t16-,24+,25+,28-,29+,30+,32-,33-,34+,35+,36+,39+,40+,41-,42-/m0/s1. The second-order valence-corrected chi connectivity index (χ2v) is 15.2. The van der Waals surface area contributed by atoms with E-state index in [1.165, 1.54) is 61.5 Å². The van der Waals surface area contributed by atoms with Crippen LogP contribution in [0, 0.1) is 0 Å². The number of rotatable bonds is 12. The van der Waals surface area contributed by atoms with Crippen molar-refractivity contribution in [3.8, 4) is 40.1 Å². The predicted molar refractivity (Wildman–Crippen MR) is 212 cm³/mol. The van der Waals surface area contributed by atoms with Gasteiger partial charge in [0.1, 0.15) is 102 Å². The van der Waals surface area contributed by atoms with Crippen LogP contribution >= 0.6 is 0 Å². The molecule has 0 unspecified atom stereocenters. The van der Waals surface area contributed by atoms with Gasteiger partial charge >= 0.3 is 5.97 Å². The minimum absolute atomic E-state index is 0.00919. The van der Waals surface area contributed by atoms with Gasteiger partial charge in [-0.2, -0.15) is 0 Å². The van der Waals surface area contributed by atoms with Gasteiger partial charge in [0.25, 0.3) is 0 Å². The van der Waals surface area contributed by atoms with E-state index >= 15 is 0 Å². The summed E-state index contributed by atoms with van der Waals surface area (Å²) < 4.78 is 45.8.